The minimum atomic E-state index is 0.647. The lowest BCUT2D eigenvalue weighted by molar-refractivity contribution is 0.662. The summed E-state index contributed by atoms with van der Waals surface area (Å²) in [6, 6.07) is 60.2. The van der Waals surface area contributed by atoms with Crippen molar-refractivity contribution in [1.29, 1.82) is 0 Å². The summed E-state index contributed by atoms with van der Waals surface area (Å²) in [5.74, 6) is 1.37. The molecule has 0 spiro atoms. The molecule has 0 saturated carbocycles. The Balaban J connectivity index is 1.20. The highest BCUT2D eigenvalue weighted by molar-refractivity contribution is 6.23. The predicted octanol–water partition coefficient (Wildman–Crippen LogP) is 12.5. The van der Waals surface area contributed by atoms with E-state index in [1.807, 2.05) is 18.2 Å². The highest BCUT2D eigenvalue weighted by Gasteiger charge is 2.24. The maximum Gasteiger partial charge on any atom is 0.197 e. The fourth-order valence-electron chi connectivity index (χ4n) is 8.53. The standard InChI is InChI=1S/C48H28N4O/c1-2-15-33(16-3-1)51-39-20-10-8-18-35(39)37-27-32(23-24-40(37)51)47-49-45-36-19-9-11-21-43(36)53-46(45)48(50-47)52-41-25-22-29-12-6-7-17-34(29)44(41)38-26-30-13-4-5-14-31(30)28-42(38)52/h1-28H. The molecule has 246 valence electrons. The summed E-state index contributed by atoms with van der Waals surface area (Å²) < 4.78 is 11.3. The number of nitrogens with zero attached hydrogens (tertiary/aromatic N) is 4. The van der Waals surface area contributed by atoms with Gasteiger partial charge in [0.2, 0.25) is 0 Å². The molecule has 0 radical (unpaired) electrons. The lowest BCUT2D eigenvalue weighted by atomic mass is 10.0. The van der Waals surface area contributed by atoms with E-state index in [0.29, 0.717) is 11.4 Å². The zero-order chi connectivity index (χ0) is 34.6. The van der Waals surface area contributed by atoms with Gasteiger partial charge in [0.25, 0.3) is 0 Å². The second kappa shape index (κ2) is 10.6. The molecule has 4 aromatic heterocycles. The molecule has 0 unspecified atom stereocenters. The largest absolute Gasteiger partial charge is 0.450 e. The van der Waals surface area contributed by atoms with Gasteiger partial charge in [0.1, 0.15) is 11.1 Å². The van der Waals surface area contributed by atoms with Crippen molar-refractivity contribution in [3.63, 3.8) is 0 Å². The van der Waals surface area contributed by atoms with Crippen LogP contribution in [0.3, 0.4) is 0 Å². The van der Waals surface area contributed by atoms with E-state index >= 15 is 0 Å². The third-order valence-corrected chi connectivity index (χ3v) is 10.9. The van der Waals surface area contributed by atoms with Crippen LogP contribution < -0.4 is 0 Å². The van der Waals surface area contributed by atoms with E-state index in [-0.39, 0.29) is 0 Å². The molecule has 0 N–H and O–H groups in total. The van der Waals surface area contributed by atoms with Crippen molar-refractivity contribution in [3.05, 3.63) is 170 Å². The minimum absolute atomic E-state index is 0.647. The second-order valence-corrected chi connectivity index (χ2v) is 13.8. The number of hydrogen-bond donors (Lipinski definition) is 0. The van der Waals surface area contributed by atoms with Gasteiger partial charge in [-0.2, -0.15) is 0 Å². The Bertz CT molecular complexity index is 3460. The first kappa shape index (κ1) is 28.5. The zero-order valence-electron chi connectivity index (χ0n) is 28.4. The van der Waals surface area contributed by atoms with Crippen molar-refractivity contribution in [2.75, 3.05) is 0 Å². The fourth-order valence-corrected chi connectivity index (χ4v) is 8.53. The van der Waals surface area contributed by atoms with Gasteiger partial charge in [-0.1, -0.05) is 103 Å². The van der Waals surface area contributed by atoms with Crippen LogP contribution in [0.4, 0.5) is 0 Å². The molecule has 8 aromatic carbocycles. The van der Waals surface area contributed by atoms with Crippen molar-refractivity contribution in [1.82, 2.24) is 19.1 Å². The number of rotatable bonds is 3. The average molecular weight is 677 g/mol. The maximum absolute atomic E-state index is 6.70. The molecular weight excluding hydrogens is 649 g/mol. The zero-order valence-corrected chi connectivity index (χ0v) is 28.4. The van der Waals surface area contributed by atoms with Gasteiger partial charge in [0.05, 0.1) is 22.1 Å². The van der Waals surface area contributed by atoms with E-state index in [4.69, 9.17) is 14.4 Å². The number of fused-ring (bicyclic) bond motifs is 12. The van der Waals surface area contributed by atoms with Crippen molar-refractivity contribution < 1.29 is 4.42 Å². The third kappa shape index (κ3) is 4.02. The Kier molecular flexibility index (Phi) is 5.71. The normalized spacial score (nSPS) is 12.2. The van der Waals surface area contributed by atoms with Crippen LogP contribution >= 0.6 is 0 Å². The molecule has 53 heavy (non-hydrogen) atoms. The summed E-state index contributed by atoms with van der Waals surface area (Å²) in [5.41, 5.74) is 8.76. The highest BCUT2D eigenvalue weighted by Crippen LogP contribution is 2.42. The second-order valence-electron chi connectivity index (χ2n) is 13.8. The van der Waals surface area contributed by atoms with Gasteiger partial charge in [0.15, 0.2) is 17.2 Å². The van der Waals surface area contributed by atoms with Crippen LogP contribution in [0.1, 0.15) is 0 Å². The lowest BCUT2D eigenvalue weighted by Gasteiger charge is -2.11. The number of para-hydroxylation sites is 3. The Morgan fingerprint density at radius 1 is 0.415 bits per heavy atom. The molecule has 0 aliphatic carbocycles. The third-order valence-electron chi connectivity index (χ3n) is 10.9. The van der Waals surface area contributed by atoms with Gasteiger partial charge < -0.3 is 8.98 Å². The molecule has 12 aromatic rings. The van der Waals surface area contributed by atoms with Crippen LogP contribution in [0.5, 0.6) is 0 Å². The van der Waals surface area contributed by atoms with Crippen LogP contribution in [-0.2, 0) is 0 Å². The molecule has 0 aliphatic heterocycles. The first-order valence-corrected chi connectivity index (χ1v) is 17.9. The van der Waals surface area contributed by atoms with Crippen molar-refractivity contribution in [2.24, 2.45) is 0 Å². The van der Waals surface area contributed by atoms with Crippen molar-refractivity contribution in [3.8, 4) is 22.9 Å². The van der Waals surface area contributed by atoms with Crippen molar-refractivity contribution in [2.45, 2.75) is 0 Å². The van der Waals surface area contributed by atoms with Gasteiger partial charge in [-0.25, -0.2) is 9.97 Å². The molecule has 0 bridgehead atoms. The molecule has 12 rings (SSSR count). The molecule has 0 aliphatic rings. The number of furan rings is 1. The Hall–Kier alpha value is -7.24. The van der Waals surface area contributed by atoms with Gasteiger partial charge in [-0.15, -0.1) is 0 Å². The van der Waals surface area contributed by atoms with Crippen LogP contribution in [0.2, 0.25) is 0 Å². The molecule has 5 nitrogen and oxygen atoms in total. The quantitative estimate of drug-likeness (QED) is 0.187. The Morgan fingerprint density at radius 2 is 1.09 bits per heavy atom. The van der Waals surface area contributed by atoms with Crippen LogP contribution in [0.25, 0.3) is 110 Å². The molecule has 0 atom stereocenters. The van der Waals surface area contributed by atoms with Gasteiger partial charge >= 0.3 is 0 Å². The summed E-state index contributed by atoms with van der Waals surface area (Å²) in [6.45, 7) is 0. The Morgan fingerprint density at radius 3 is 1.96 bits per heavy atom. The van der Waals surface area contributed by atoms with Crippen molar-refractivity contribution >= 4 is 87.2 Å². The minimum Gasteiger partial charge on any atom is -0.450 e. The molecule has 5 heteroatoms. The smallest absolute Gasteiger partial charge is 0.197 e. The molecule has 0 saturated heterocycles. The van der Waals surface area contributed by atoms with Gasteiger partial charge in [-0.05, 0) is 88.3 Å². The monoisotopic (exact) mass is 676 g/mol. The van der Waals surface area contributed by atoms with E-state index in [1.54, 1.807) is 0 Å². The van der Waals surface area contributed by atoms with Gasteiger partial charge in [0, 0.05) is 38.2 Å². The van der Waals surface area contributed by atoms with Crippen LogP contribution in [0, 0.1) is 0 Å². The van der Waals surface area contributed by atoms with Gasteiger partial charge in [-0.3, -0.25) is 4.57 Å². The molecule has 0 fully saturated rings. The molecule has 4 heterocycles. The average Bonchev–Trinajstić information content (AvgIpc) is 3.87. The van der Waals surface area contributed by atoms with E-state index in [9.17, 15) is 0 Å². The van der Waals surface area contributed by atoms with E-state index in [1.165, 1.54) is 37.7 Å². The first-order chi connectivity index (χ1) is 26.3. The van der Waals surface area contributed by atoms with E-state index in [0.717, 1.165) is 61.0 Å². The predicted molar refractivity (Wildman–Crippen MR) is 218 cm³/mol. The van der Waals surface area contributed by atoms with E-state index < -0.39 is 0 Å². The first-order valence-electron chi connectivity index (χ1n) is 17.9. The Labute approximate surface area is 302 Å². The molecule has 0 amide bonds. The maximum atomic E-state index is 6.70. The molecular formula is C48H28N4O. The topological polar surface area (TPSA) is 48.8 Å². The number of benzene rings is 8. The number of aromatic nitrogens is 4. The highest BCUT2D eigenvalue weighted by atomic mass is 16.3. The summed E-state index contributed by atoms with van der Waals surface area (Å²) in [4.78, 5) is 10.8. The lowest BCUT2D eigenvalue weighted by Crippen LogP contribution is -2.02. The summed E-state index contributed by atoms with van der Waals surface area (Å²) in [6.07, 6.45) is 0. The summed E-state index contributed by atoms with van der Waals surface area (Å²) >= 11 is 0. The summed E-state index contributed by atoms with van der Waals surface area (Å²) in [7, 11) is 0. The van der Waals surface area contributed by atoms with Crippen LogP contribution in [-0.4, -0.2) is 19.1 Å². The SMILES string of the molecule is c1ccc(-n2c3ccccc3c3cc(-c4nc(-n5c6cc7ccccc7cc6c6c7ccccc7ccc65)c5oc6ccccc6c5n4)ccc32)cc1. The van der Waals surface area contributed by atoms with E-state index in [2.05, 4.69) is 161 Å². The number of hydrogen-bond acceptors (Lipinski definition) is 3. The van der Waals surface area contributed by atoms with Crippen LogP contribution in [0.15, 0.2) is 174 Å². The summed E-state index contributed by atoms with van der Waals surface area (Å²) in [5, 5.41) is 10.5. The fraction of sp³-hybridized carbons (Fsp3) is 0.